The molecule has 1 heterocycles. The van der Waals surface area contributed by atoms with Crippen LogP contribution in [0.3, 0.4) is 0 Å². The maximum Gasteiger partial charge on any atom is 0.245 e. The van der Waals surface area contributed by atoms with E-state index in [9.17, 15) is 75.0 Å². The van der Waals surface area contributed by atoms with Crippen LogP contribution < -0.4 is 31.9 Å². The molecule has 0 aromatic carbocycles. The molecule has 0 aromatic heterocycles. The first kappa shape index (κ1) is 64.0. The third kappa shape index (κ3) is 25.0. The van der Waals surface area contributed by atoms with Crippen molar-refractivity contribution in [2.75, 3.05) is 59.2 Å². The molecule has 68 heavy (non-hydrogen) atoms. The minimum Gasteiger partial charge on any atom is -0.396 e. The summed E-state index contributed by atoms with van der Waals surface area (Å²) in [6.45, 7) is 0.501. The van der Waals surface area contributed by atoms with Crippen LogP contribution in [0.15, 0.2) is 34.9 Å². The van der Waals surface area contributed by atoms with Gasteiger partial charge in [0.2, 0.25) is 35.4 Å². The topological polar surface area (TPSA) is 407 Å². The van der Waals surface area contributed by atoms with Crippen molar-refractivity contribution in [1.82, 2.24) is 47.1 Å². The summed E-state index contributed by atoms with van der Waals surface area (Å²) in [6.07, 6.45) is -1.26. The molecule has 8 atom stereocenters. The number of rotatable bonds is 26. The quantitative estimate of drug-likeness (QED) is 0.0167. The van der Waals surface area contributed by atoms with Crippen LogP contribution in [0.4, 0.5) is 0 Å². The van der Waals surface area contributed by atoms with E-state index >= 15 is 0 Å². The summed E-state index contributed by atoms with van der Waals surface area (Å²) in [5.74, 6) is -6.25. The number of carbonyl (C=O) groups is 6. The third-order valence-corrected chi connectivity index (χ3v) is 10.3. The predicted octanol–water partition coefficient (Wildman–Crippen LogP) is -5.12. The molecule has 27 heteroatoms. The van der Waals surface area contributed by atoms with Gasteiger partial charge < -0.3 is 88.4 Å². The smallest absolute Gasteiger partial charge is 0.245 e. The van der Waals surface area contributed by atoms with Gasteiger partial charge in [-0.3, -0.25) is 28.8 Å². The van der Waals surface area contributed by atoms with E-state index in [2.05, 4.69) is 31.9 Å². The van der Waals surface area contributed by atoms with Crippen LogP contribution in [0.5, 0.6) is 0 Å². The summed E-state index contributed by atoms with van der Waals surface area (Å²) in [5, 5.41) is 126. The van der Waals surface area contributed by atoms with Crippen LogP contribution in [0.2, 0.25) is 0 Å². The SMILES string of the molecule is CC(=CC(O)N(O)CCCC1NC(=O)CNC(=O)C(CO)NC(=O)C(CO)NC(=O)C(CCCN(O)C(O)C=C(C)CCO)NC(=O)C(CCCN(O)C(O)C=C(C)CCO)NC1=O)CCO.[Fe]. The zero-order valence-corrected chi connectivity index (χ0v) is 39.7. The Balaban J connectivity index is 0.0000449. The molecule has 392 valence electrons. The van der Waals surface area contributed by atoms with E-state index in [1.54, 1.807) is 20.8 Å². The van der Waals surface area contributed by atoms with E-state index in [4.69, 9.17) is 10.2 Å². The van der Waals surface area contributed by atoms with Crippen LogP contribution in [0.1, 0.15) is 78.6 Å². The van der Waals surface area contributed by atoms with Gasteiger partial charge in [0.25, 0.3) is 0 Å². The normalized spacial score (nSPS) is 22.5. The van der Waals surface area contributed by atoms with Crippen molar-refractivity contribution < 1.29 is 102 Å². The minimum absolute atomic E-state index is 0. The maximum absolute atomic E-state index is 14.2. The number of amides is 6. The molecular formula is C41H73FeN9O17. The molecule has 1 saturated heterocycles. The molecule has 0 saturated carbocycles. The molecule has 1 rings (SSSR count). The Bertz CT molecular complexity index is 1660. The molecule has 0 aromatic rings. The van der Waals surface area contributed by atoms with E-state index in [0.29, 0.717) is 31.9 Å². The summed E-state index contributed by atoms with van der Waals surface area (Å²) < 4.78 is 0. The molecule has 1 aliphatic rings. The number of hydroxylamine groups is 6. The zero-order valence-electron chi connectivity index (χ0n) is 38.6. The number of nitrogens with one attached hydrogen (secondary N) is 6. The van der Waals surface area contributed by atoms with E-state index < -0.39 is 104 Å². The van der Waals surface area contributed by atoms with Crippen molar-refractivity contribution in [1.29, 1.82) is 0 Å². The second kappa shape index (κ2) is 35.2. The summed E-state index contributed by atoms with van der Waals surface area (Å²) in [5.41, 5.74) is 1.66. The Hall–Kier alpha value is -4.00. The van der Waals surface area contributed by atoms with Gasteiger partial charge in [0.05, 0.1) is 19.8 Å². The van der Waals surface area contributed by atoms with E-state index in [1.165, 1.54) is 18.2 Å². The molecule has 0 radical (unpaired) electrons. The van der Waals surface area contributed by atoms with E-state index in [0.717, 1.165) is 0 Å². The second-order valence-corrected chi connectivity index (χ2v) is 16.1. The van der Waals surface area contributed by atoms with Gasteiger partial charge >= 0.3 is 0 Å². The maximum atomic E-state index is 14.2. The minimum atomic E-state index is -1.77. The Morgan fingerprint density at radius 1 is 0.500 bits per heavy atom. The monoisotopic (exact) mass is 1020 g/mol. The van der Waals surface area contributed by atoms with Crippen molar-refractivity contribution in [2.24, 2.45) is 0 Å². The Labute approximate surface area is 405 Å². The summed E-state index contributed by atoms with van der Waals surface area (Å²) in [4.78, 5) is 81.3. The van der Waals surface area contributed by atoms with Crippen LogP contribution in [0, 0.1) is 0 Å². The number of aliphatic hydroxyl groups is 8. The fraction of sp³-hybridized carbons (Fsp3) is 0.707. The standard InChI is InChI=1S/C41H73N9O17.Fe/c1-25(10-16-51)19-34(57)48(65)13-4-7-28-38(61)44-29(8-5-14-49(66)35(58)20-26(2)11-17-52)39(62)45-30(9-6-15-50(67)36(59)21-27(3)12-18-53)40(63)47-32(24-55)41(64)46-31(23-54)37(60)42-22-33(56)43-28;/h19-21,28-32,34-36,51-55,57-59,65-67H,4-18,22-24H2,1-3H3,(H,42,60)(H,43,56)(H,44,61)(H,45,62)(H,46,64)(H,47,63);. The molecule has 0 spiro atoms. The van der Waals surface area contributed by atoms with Crippen molar-refractivity contribution in [3.05, 3.63) is 34.9 Å². The molecule has 6 amide bonds. The van der Waals surface area contributed by atoms with Crippen LogP contribution in [-0.2, 0) is 45.8 Å². The van der Waals surface area contributed by atoms with Gasteiger partial charge in [-0.1, -0.05) is 16.7 Å². The van der Waals surface area contributed by atoms with Crippen LogP contribution >= 0.6 is 0 Å². The molecule has 17 N–H and O–H groups in total. The van der Waals surface area contributed by atoms with Gasteiger partial charge in [-0.15, -0.1) is 0 Å². The number of hydrogen-bond donors (Lipinski definition) is 17. The molecule has 8 unspecified atom stereocenters. The second-order valence-electron chi connectivity index (χ2n) is 16.1. The largest absolute Gasteiger partial charge is 0.396 e. The van der Waals surface area contributed by atoms with Crippen molar-refractivity contribution in [3.63, 3.8) is 0 Å². The summed E-state index contributed by atoms with van der Waals surface area (Å²) in [7, 11) is 0. The first-order valence-electron chi connectivity index (χ1n) is 22.0. The van der Waals surface area contributed by atoms with Crippen molar-refractivity contribution >= 4 is 35.4 Å². The summed E-state index contributed by atoms with van der Waals surface area (Å²) in [6, 6.07) is -8.12. The molecule has 1 fully saturated rings. The number of carbonyl (C=O) groups excluding carboxylic acids is 6. The molecule has 0 bridgehead atoms. The van der Waals surface area contributed by atoms with Gasteiger partial charge in [0.1, 0.15) is 48.9 Å². The van der Waals surface area contributed by atoms with Crippen molar-refractivity contribution in [2.45, 2.75) is 127 Å². The fourth-order valence-corrected chi connectivity index (χ4v) is 6.39. The Kier molecular flexibility index (Phi) is 33.1. The number of aliphatic hydroxyl groups excluding tert-OH is 8. The summed E-state index contributed by atoms with van der Waals surface area (Å²) >= 11 is 0. The first-order valence-corrected chi connectivity index (χ1v) is 22.0. The Morgan fingerprint density at radius 3 is 1.09 bits per heavy atom. The van der Waals surface area contributed by atoms with Gasteiger partial charge in [-0.2, -0.15) is 15.2 Å². The zero-order chi connectivity index (χ0) is 50.6. The molecule has 0 aliphatic carbocycles. The molecule has 26 nitrogen and oxygen atoms in total. The van der Waals surface area contributed by atoms with E-state index in [1.807, 2.05) is 0 Å². The van der Waals surface area contributed by atoms with Gasteiger partial charge in [0.15, 0.2) is 0 Å². The van der Waals surface area contributed by atoms with Crippen LogP contribution in [-0.4, -0.2) is 215 Å². The van der Waals surface area contributed by atoms with E-state index in [-0.39, 0.29) is 114 Å². The van der Waals surface area contributed by atoms with Gasteiger partial charge in [0, 0.05) is 56.5 Å². The Morgan fingerprint density at radius 2 is 0.779 bits per heavy atom. The number of hydrogen-bond acceptors (Lipinski definition) is 20. The van der Waals surface area contributed by atoms with Gasteiger partial charge in [-0.05, 0) is 96.8 Å². The third-order valence-electron chi connectivity index (χ3n) is 10.3. The average Bonchev–Trinajstić information content (AvgIpc) is 3.27. The number of nitrogens with zero attached hydrogens (tertiary/aromatic N) is 3. The van der Waals surface area contributed by atoms with Crippen molar-refractivity contribution in [3.8, 4) is 0 Å². The molecular weight excluding hydrogens is 946 g/mol. The van der Waals surface area contributed by atoms with Gasteiger partial charge in [-0.25, -0.2) is 0 Å². The fourth-order valence-electron chi connectivity index (χ4n) is 6.39. The average molecular weight is 1020 g/mol. The van der Waals surface area contributed by atoms with Crippen LogP contribution in [0.25, 0.3) is 0 Å². The predicted molar refractivity (Wildman–Crippen MR) is 234 cm³/mol. The first-order chi connectivity index (χ1) is 31.7. The molecule has 1 aliphatic heterocycles.